The molecule has 0 aromatic heterocycles. The van der Waals surface area contributed by atoms with E-state index in [-0.39, 0.29) is 29.5 Å². The van der Waals surface area contributed by atoms with Gasteiger partial charge in [0.05, 0.1) is 24.8 Å². The Bertz CT molecular complexity index is 1100. The molecule has 0 bridgehead atoms. The molecule has 0 radical (unpaired) electrons. The molecule has 2 aliphatic heterocycles. The van der Waals surface area contributed by atoms with Crippen LogP contribution in [0.15, 0.2) is 42.5 Å². The molecular weight excluding hydrogens is 460 g/mol. The summed E-state index contributed by atoms with van der Waals surface area (Å²) in [6.07, 6.45) is 4.65. The Morgan fingerprint density at radius 2 is 1.67 bits per heavy atom. The van der Waals surface area contributed by atoms with Crippen molar-refractivity contribution in [3.05, 3.63) is 53.6 Å². The summed E-state index contributed by atoms with van der Waals surface area (Å²) in [6, 6.07) is 12.2. The fourth-order valence-corrected chi connectivity index (χ4v) is 5.31. The maximum absolute atomic E-state index is 12.6. The normalized spacial score (nSPS) is 17.9. The van der Waals surface area contributed by atoms with E-state index >= 15 is 0 Å². The van der Waals surface area contributed by atoms with Crippen LogP contribution in [-0.4, -0.2) is 66.6 Å². The number of carbonyl (C=O) groups is 3. The highest BCUT2D eigenvalue weighted by atomic mass is 16.5. The highest BCUT2D eigenvalue weighted by molar-refractivity contribution is 6.02. The fraction of sp³-hybridized carbons (Fsp3) is 0.444. The fourth-order valence-electron chi connectivity index (χ4n) is 5.31. The van der Waals surface area contributed by atoms with E-state index in [0.717, 1.165) is 37.2 Å². The number of primary amides is 1. The van der Waals surface area contributed by atoms with E-state index in [0.29, 0.717) is 31.7 Å². The second-order valence-electron chi connectivity index (χ2n) is 9.54. The molecule has 0 unspecified atom stereocenters. The van der Waals surface area contributed by atoms with Crippen LogP contribution in [0.1, 0.15) is 48.0 Å². The van der Waals surface area contributed by atoms with Crippen molar-refractivity contribution in [2.24, 2.45) is 5.73 Å². The van der Waals surface area contributed by atoms with Crippen LogP contribution in [0.2, 0.25) is 0 Å². The van der Waals surface area contributed by atoms with Gasteiger partial charge in [-0.15, -0.1) is 0 Å². The Kier molecular flexibility index (Phi) is 7.79. The van der Waals surface area contributed by atoms with Gasteiger partial charge >= 0.3 is 5.97 Å². The van der Waals surface area contributed by atoms with Crippen molar-refractivity contribution in [2.75, 3.05) is 43.5 Å². The van der Waals surface area contributed by atoms with Crippen LogP contribution in [0.4, 0.5) is 11.4 Å². The van der Waals surface area contributed by atoms with Gasteiger partial charge in [-0.25, -0.2) is 4.79 Å². The van der Waals surface area contributed by atoms with Crippen LogP contribution in [0, 0.1) is 0 Å². The molecule has 0 spiro atoms. The first-order chi connectivity index (χ1) is 17.3. The number of hydrogen-bond acceptors (Lipinski definition) is 6. The van der Waals surface area contributed by atoms with Crippen LogP contribution in [-0.2, 0) is 16.0 Å². The standard InChI is InChI=1S/C27H34N4O5/c1-36-21-8-5-19(6-9-21)17-24(32)29-23-10-7-20(18-22(23)25(33)34)30-15-11-27(12-16-30,26(28)35)31-13-3-2-4-14-31/h5-10,18H,2-4,11-17H2,1H3,(H2,28,35)(H,29,32)(H,33,34). The predicted octanol–water partition coefficient (Wildman–Crippen LogP) is 2.88. The molecule has 2 aromatic rings. The smallest absolute Gasteiger partial charge is 0.337 e. The van der Waals surface area contributed by atoms with Gasteiger partial charge in [-0.2, -0.15) is 0 Å². The molecule has 192 valence electrons. The number of hydrogen-bond donors (Lipinski definition) is 3. The summed E-state index contributed by atoms with van der Waals surface area (Å²) in [5.74, 6) is -0.996. The van der Waals surface area contributed by atoms with Crippen molar-refractivity contribution in [2.45, 2.75) is 44.1 Å². The van der Waals surface area contributed by atoms with E-state index in [2.05, 4.69) is 15.1 Å². The summed E-state index contributed by atoms with van der Waals surface area (Å²) in [7, 11) is 1.57. The minimum Gasteiger partial charge on any atom is -0.497 e. The Hall–Kier alpha value is -3.59. The average Bonchev–Trinajstić information content (AvgIpc) is 2.89. The lowest BCUT2D eigenvalue weighted by molar-refractivity contribution is -0.132. The zero-order valence-corrected chi connectivity index (χ0v) is 20.7. The first-order valence-electron chi connectivity index (χ1n) is 12.4. The van der Waals surface area contributed by atoms with Gasteiger partial charge in [0.1, 0.15) is 11.3 Å². The molecule has 0 atom stereocenters. The number of nitrogens with two attached hydrogens (primary N) is 1. The van der Waals surface area contributed by atoms with Gasteiger partial charge in [-0.3, -0.25) is 14.5 Å². The van der Waals surface area contributed by atoms with Crippen molar-refractivity contribution in [3.8, 4) is 5.75 Å². The number of carboxylic acid groups (broad SMARTS) is 1. The number of benzene rings is 2. The number of rotatable bonds is 8. The van der Waals surface area contributed by atoms with Gasteiger partial charge in [0.25, 0.3) is 0 Å². The lowest BCUT2D eigenvalue weighted by atomic mass is 9.83. The van der Waals surface area contributed by atoms with Crippen LogP contribution in [0.25, 0.3) is 0 Å². The van der Waals surface area contributed by atoms with E-state index in [4.69, 9.17) is 10.5 Å². The molecule has 2 amide bonds. The maximum atomic E-state index is 12.6. The zero-order valence-electron chi connectivity index (χ0n) is 20.7. The molecule has 4 N–H and O–H groups in total. The lowest BCUT2D eigenvalue weighted by Gasteiger charge is -2.48. The van der Waals surface area contributed by atoms with Crippen molar-refractivity contribution < 1.29 is 24.2 Å². The number of nitrogens with zero attached hydrogens (tertiary/aromatic N) is 2. The molecule has 2 fully saturated rings. The van der Waals surface area contributed by atoms with Crippen molar-refractivity contribution in [1.82, 2.24) is 4.90 Å². The summed E-state index contributed by atoms with van der Waals surface area (Å²) >= 11 is 0. The molecule has 2 heterocycles. The monoisotopic (exact) mass is 494 g/mol. The summed E-state index contributed by atoms with van der Waals surface area (Å²) < 4.78 is 5.13. The zero-order chi connectivity index (χ0) is 25.7. The van der Waals surface area contributed by atoms with Gasteiger partial charge < -0.3 is 25.8 Å². The van der Waals surface area contributed by atoms with E-state index in [1.165, 1.54) is 6.42 Å². The van der Waals surface area contributed by atoms with Crippen LogP contribution in [0.3, 0.4) is 0 Å². The number of likely N-dealkylation sites (tertiary alicyclic amines) is 1. The number of carbonyl (C=O) groups excluding carboxylic acids is 2. The number of methoxy groups -OCH3 is 1. The molecule has 0 aliphatic carbocycles. The number of aromatic carboxylic acids is 1. The second kappa shape index (κ2) is 11.0. The molecule has 2 aromatic carbocycles. The second-order valence-corrected chi connectivity index (χ2v) is 9.54. The predicted molar refractivity (Wildman–Crippen MR) is 138 cm³/mol. The quantitative estimate of drug-likeness (QED) is 0.515. The van der Waals surface area contributed by atoms with Crippen LogP contribution >= 0.6 is 0 Å². The van der Waals surface area contributed by atoms with Crippen molar-refractivity contribution in [3.63, 3.8) is 0 Å². The summed E-state index contributed by atoms with van der Waals surface area (Å²) in [5.41, 5.74) is 7.08. The van der Waals surface area contributed by atoms with E-state index in [1.807, 2.05) is 6.07 Å². The van der Waals surface area contributed by atoms with Gasteiger partial charge in [0.15, 0.2) is 0 Å². The summed E-state index contributed by atoms with van der Waals surface area (Å²) in [6.45, 7) is 2.97. The largest absolute Gasteiger partial charge is 0.497 e. The number of nitrogens with one attached hydrogen (secondary N) is 1. The molecule has 0 saturated carbocycles. The SMILES string of the molecule is COc1ccc(CC(=O)Nc2ccc(N3CCC(C(N)=O)(N4CCCCC4)CC3)cc2C(=O)O)cc1. The summed E-state index contributed by atoms with van der Waals surface area (Å²) in [5, 5.41) is 12.6. The van der Waals surface area contributed by atoms with Crippen LogP contribution < -0.4 is 20.7 Å². The third kappa shape index (κ3) is 5.46. The topological polar surface area (TPSA) is 125 Å². The van der Waals surface area contributed by atoms with Gasteiger partial charge in [-0.1, -0.05) is 18.6 Å². The lowest BCUT2D eigenvalue weighted by Crippen LogP contribution is -2.63. The highest BCUT2D eigenvalue weighted by Crippen LogP contribution is 2.34. The Labute approximate surface area is 211 Å². The Morgan fingerprint density at radius 3 is 2.25 bits per heavy atom. The number of amides is 2. The molecule has 2 saturated heterocycles. The van der Waals surface area contributed by atoms with Crippen LogP contribution in [0.5, 0.6) is 5.75 Å². The third-order valence-corrected chi connectivity index (χ3v) is 7.41. The number of carboxylic acids is 1. The minimum absolute atomic E-state index is 0.0262. The average molecular weight is 495 g/mol. The van der Waals surface area contributed by atoms with Gasteiger partial charge in [0.2, 0.25) is 11.8 Å². The van der Waals surface area contributed by atoms with E-state index in [9.17, 15) is 19.5 Å². The first-order valence-corrected chi connectivity index (χ1v) is 12.4. The van der Waals surface area contributed by atoms with Crippen molar-refractivity contribution >= 4 is 29.2 Å². The maximum Gasteiger partial charge on any atom is 0.337 e. The number of anilines is 2. The molecular formula is C27H34N4O5. The first kappa shape index (κ1) is 25.5. The number of piperidine rings is 2. The summed E-state index contributed by atoms with van der Waals surface area (Å²) in [4.78, 5) is 41.4. The number of ether oxygens (including phenoxy) is 1. The van der Waals surface area contributed by atoms with E-state index in [1.54, 1.807) is 43.5 Å². The third-order valence-electron chi connectivity index (χ3n) is 7.41. The Balaban J connectivity index is 1.44. The Morgan fingerprint density at radius 1 is 1.00 bits per heavy atom. The van der Waals surface area contributed by atoms with Gasteiger partial charge in [0, 0.05) is 18.8 Å². The minimum atomic E-state index is -1.12. The highest BCUT2D eigenvalue weighted by Gasteiger charge is 2.45. The molecule has 2 aliphatic rings. The molecule has 9 nitrogen and oxygen atoms in total. The molecule has 4 rings (SSSR count). The molecule has 9 heteroatoms. The van der Waals surface area contributed by atoms with Crippen molar-refractivity contribution in [1.29, 1.82) is 0 Å². The van der Waals surface area contributed by atoms with E-state index < -0.39 is 11.5 Å². The van der Waals surface area contributed by atoms with Gasteiger partial charge in [-0.05, 0) is 74.7 Å². The molecule has 36 heavy (non-hydrogen) atoms.